The van der Waals surface area contributed by atoms with Gasteiger partial charge in [-0.15, -0.1) is 0 Å². The molecule has 0 spiro atoms. The molecular weight excluding hydrogens is 323 g/mol. The molecule has 0 aliphatic carbocycles. The van der Waals surface area contributed by atoms with Crippen molar-refractivity contribution in [3.05, 3.63) is 52.4 Å². The third-order valence-electron chi connectivity index (χ3n) is 3.26. The molecule has 0 radical (unpaired) electrons. The Morgan fingerprint density at radius 2 is 2.00 bits per heavy atom. The molecule has 3 aromatic rings. The van der Waals surface area contributed by atoms with Crippen LogP contribution in [0.2, 0.25) is 0 Å². The molecule has 3 rings (SSSR count). The molecule has 102 valence electrons. The molecule has 1 unspecified atom stereocenters. The van der Waals surface area contributed by atoms with Crippen LogP contribution in [0.1, 0.15) is 18.5 Å². The summed E-state index contributed by atoms with van der Waals surface area (Å²) in [7, 11) is 0. The maximum atomic E-state index is 13.0. The first-order chi connectivity index (χ1) is 9.56. The average Bonchev–Trinajstić information content (AvgIpc) is 2.73. The van der Waals surface area contributed by atoms with Gasteiger partial charge >= 0.3 is 0 Å². The summed E-state index contributed by atoms with van der Waals surface area (Å²) < 4.78 is 15.7. The highest BCUT2D eigenvalue weighted by atomic mass is 79.9. The lowest BCUT2D eigenvalue weighted by molar-refractivity contribution is 0.620. The zero-order valence-corrected chi connectivity index (χ0v) is 12.3. The molecule has 0 amide bonds. The van der Waals surface area contributed by atoms with Gasteiger partial charge in [-0.25, -0.2) is 14.4 Å². The molecule has 2 N–H and O–H groups in total. The maximum absolute atomic E-state index is 13.0. The average molecular weight is 335 g/mol. The van der Waals surface area contributed by atoms with Crippen molar-refractivity contribution in [2.75, 3.05) is 5.73 Å². The number of aromatic nitrogens is 3. The minimum atomic E-state index is -0.258. The van der Waals surface area contributed by atoms with Crippen LogP contribution in [0.4, 0.5) is 10.3 Å². The minimum Gasteiger partial charge on any atom is -0.369 e. The van der Waals surface area contributed by atoms with Crippen LogP contribution in [0.25, 0.3) is 11.2 Å². The van der Waals surface area contributed by atoms with Gasteiger partial charge in [-0.3, -0.25) is 4.57 Å². The highest BCUT2D eigenvalue weighted by Gasteiger charge is 2.16. The maximum Gasteiger partial charge on any atom is 0.203 e. The van der Waals surface area contributed by atoms with Crippen LogP contribution in [0.3, 0.4) is 0 Å². The third-order valence-corrected chi connectivity index (χ3v) is 3.70. The van der Waals surface area contributed by atoms with E-state index in [9.17, 15) is 4.39 Å². The van der Waals surface area contributed by atoms with Gasteiger partial charge in [-0.05, 0) is 46.6 Å². The first-order valence-electron chi connectivity index (χ1n) is 6.10. The van der Waals surface area contributed by atoms with E-state index in [1.165, 1.54) is 12.1 Å². The number of halogens is 2. The van der Waals surface area contributed by atoms with Crippen molar-refractivity contribution in [3.63, 3.8) is 0 Å². The SMILES string of the molecule is CC(c1ccc(F)cc1)n1c(N)nc2cc(Br)cnc21. The predicted molar refractivity (Wildman–Crippen MR) is 79.9 cm³/mol. The summed E-state index contributed by atoms with van der Waals surface area (Å²) in [5.41, 5.74) is 8.38. The van der Waals surface area contributed by atoms with E-state index in [2.05, 4.69) is 25.9 Å². The number of anilines is 1. The van der Waals surface area contributed by atoms with Crippen LogP contribution in [0, 0.1) is 5.82 Å². The van der Waals surface area contributed by atoms with Gasteiger partial charge in [0.1, 0.15) is 11.3 Å². The second kappa shape index (κ2) is 4.86. The number of hydrogen-bond acceptors (Lipinski definition) is 3. The Balaban J connectivity index is 2.13. The number of rotatable bonds is 2. The van der Waals surface area contributed by atoms with Gasteiger partial charge in [0, 0.05) is 10.7 Å². The van der Waals surface area contributed by atoms with Crippen molar-refractivity contribution in [1.82, 2.24) is 14.5 Å². The highest BCUT2D eigenvalue weighted by molar-refractivity contribution is 9.10. The Morgan fingerprint density at radius 3 is 2.70 bits per heavy atom. The molecule has 2 aromatic heterocycles. The summed E-state index contributed by atoms with van der Waals surface area (Å²) in [6, 6.07) is 8.14. The summed E-state index contributed by atoms with van der Waals surface area (Å²) in [5, 5.41) is 0. The fourth-order valence-corrected chi connectivity index (χ4v) is 2.57. The second-order valence-electron chi connectivity index (χ2n) is 4.56. The molecule has 4 nitrogen and oxygen atoms in total. The number of fused-ring (bicyclic) bond motifs is 1. The lowest BCUT2D eigenvalue weighted by Gasteiger charge is -2.15. The molecule has 0 saturated heterocycles. The van der Waals surface area contributed by atoms with Crippen molar-refractivity contribution in [2.24, 2.45) is 0 Å². The van der Waals surface area contributed by atoms with Crippen LogP contribution in [0.15, 0.2) is 41.0 Å². The van der Waals surface area contributed by atoms with Crippen molar-refractivity contribution >= 4 is 33.0 Å². The Labute approximate surface area is 123 Å². The fraction of sp³-hybridized carbons (Fsp3) is 0.143. The topological polar surface area (TPSA) is 56.7 Å². The lowest BCUT2D eigenvalue weighted by atomic mass is 10.1. The number of hydrogen-bond donors (Lipinski definition) is 1. The molecule has 0 aliphatic rings. The van der Waals surface area contributed by atoms with Crippen LogP contribution in [-0.2, 0) is 0 Å². The van der Waals surface area contributed by atoms with E-state index >= 15 is 0 Å². The van der Waals surface area contributed by atoms with Crippen molar-refractivity contribution < 1.29 is 4.39 Å². The van der Waals surface area contributed by atoms with E-state index in [0.717, 1.165) is 15.6 Å². The standard InChI is InChI=1S/C14H12BrFN4/c1-8(9-2-4-11(16)5-3-9)20-13-12(19-14(20)17)6-10(15)7-18-13/h2-8H,1H3,(H2,17,19). The molecule has 0 saturated carbocycles. The van der Waals surface area contributed by atoms with Crippen molar-refractivity contribution in [3.8, 4) is 0 Å². The predicted octanol–water partition coefficient (Wildman–Crippen LogP) is 3.52. The Kier molecular flexibility index (Phi) is 3.17. The van der Waals surface area contributed by atoms with Gasteiger partial charge in [-0.2, -0.15) is 0 Å². The smallest absolute Gasteiger partial charge is 0.203 e. The first kappa shape index (κ1) is 13.1. The number of nitrogen functional groups attached to an aromatic ring is 1. The third kappa shape index (κ3) is 2.16. The van der Waals surface area contributed by atoms with Gasteiger partial charge in [0.15, 0.2) is 5.65 Å². The molecule has 0 bridgehead atoms. The van der Waals surface area contributed by atoms with Gasteiger partial charge in [0.25, 0.3) is 0 Å². The number of nitrogens with zero attached hydrogens (tertiary/aromatic N) is 3. The monoisotopic (exact) mass is 334 g/mol. The van der Waals surface area contributed by atoms with Gasteiger partial charge in [-0.1, -0.05) is 12.1 Å². The van der Waals surface area contributed by atoms with E-state index in [1.54, 1.807) is 18.3 Å². The van der Waals surface area contributed by atoms with Crippen LogP contribution >= 0.6 is 15.9 Å². The molecular formula is C14H12BrFN4. The summed E-state index contributed by atoms with van der Waals surface area (Å²) in [6.07, 6.45) is 1.71. The van der Waals surface area contributed by atoms with Gasteiger partial charge in [0.05, 0.1) is 6.04 Å². The Hall–Kier alpha value is -1.95. The van der Waals surface area contributed by atoms with Crippen LogP contribution in [0.5, 0.6) is 0 Å². The lowest BCUT2D eigenvalue weighted by Crippen LogP contribution is -2.10. The van der Waals surface area contributed by atoms with Gasteiger partial charge in [0.2, 0.25) is 5.95 Å². The van der Waals surface area contributed by atoms with Crippen LogP contribution in [-0.4, -0.2) is 14.5 Å². The molecule has 6 heteroatoms. The Bertz CT molecular complexity index is 767. The molecule has 0 fully saturated rings. The summed E-state index contributed by atoms with van der Waals surface area (Å²) in [5.74, 6) is 0.133. The number of imidazole rings is 1. The summed E-state index contributed by atoms with van der Waals surface area (Å²) in [6.45, 7) is 1.98. The van der Waals surface area contributed by atoms with E-state index in [-0.39, 0.29) is 11.9 Å². The van der Waals surface area contributed by atoms with E-state index in [0.29, 0.717) is 11.6 Å². The normalized spacial score (nSPS) is 12.8. The molecule has 0 aliphatic heterocycles. The first-order valence-corrected chi connectivity index (χ1v) is 6.90. The second-order valence-corrected chi connectivity index (χ2v) is 5.48. The highest BCUT2D eigenvalue weighted by Crippen LogP contribution is 2.27. The van der Waals surface area contributed by atoms with Crippen molar-refractivity contribution in [1.29, 1.82) is 0 Å². The van der Waals surface area contributed by atoms with Crippen molar-refractivity contribution in [2.45, 2.75) is 13.0 Å². The summed E-state index contributed by atoms with van der Waals surface area (Å²) in [4.78, 5) is 8.68. The number of nitrogens with two attached hydrogens (primary N) is 1. The summed E-state index contributed by atoms with van der Waals surface area (Å²) >= 11 is 3.36. The zero-order chi connectivity index (χ0) is 14.3. The van der Waals surface area contributed by atoms with Crippen LogP contribution < -0.4 is 5.73 Å². The van der Waals surface area contributed by atoms with Gasteiger partial charge < -0.3 is 5.73 Å². The zero-order valence-electron chi connectivity index (χ0n) is 10.7. The minimum absolute atomic E-state index is 0.0747. The largest absolute Gasteiger partial charge is 0.369 e. The van der Waals surface area contributed by atoms with E-state index in [1.807, 2.05) is 17.6 Å². The molecule has 20 heavy (non-hydrogen) atoms. The van der Waals surface area contributed by atoms with E-state index in [4.69, 9.17) is 5.73 Å². The molecule has 1 atom stereocenters. The molecule has 1 aromatic carbocycles. The quantitative estimate of drug-likeness (QED) is 0.779. The fourth-order valence-electron chi connectivity index (χ4n) is 2.25. The molecule has 2 heterocycles. The number of pyridine rings is 1. The number of benzene rings is 1. The Morgan fingerprint density at radius 1 is 1.30 bits per heavy atom. The van der Waals surface area contributed by atoms with E-state index < -0.39 is 0 Å².